The number of benzene rings is 2. The van der Waals surface area contributed by atoms with Crippen LogP contribution in [0, 0.1) is 0 Å². The predicted octanol–water partition coefficient (Wildman–Crippen LogP) is 2.02. The maximum atomic E-state index is 12.7. The molecule has 2 aromatic carbocycles. The van der Waals surface area contributed by atoms with Crippen LogP contribution in [0.25, 0.3) is 0 Å². The molecular weight excluding hydrogens is 312 g/mol. The highest BCUT2D eigenvalue weighted by Crippen LogP contribution is 2.45. The SMILES string of the molecule is O=C(O)c1cccc2c1S(=O)(=O)c1c(cccc1C(=O)O)O2. The molecule has 112 valence electrons. The van der Waals surface area contributed by atoms with Crippen LogP contribution in [0.2, 0.25) is 0 Å². The van der Waals surface area contributed by atoms with Gasteiger partial charge in [-0.3, -0.25) is 0 Å². The van der Waals surface area contributed by atoms with E-state index in [1.54, 1.807) is 0 Å². The molecule has 0 saturated heterocycles. The first kappa shape index (κ1) is 14.1. The summed E-state index contributed by atoms with van der Waals surface area (Å²) in [7, 11) is -4.34. The fraction of sp³-hybridized carbons (Fsp3) is 0. The smallest absolute Gasteiger partial charge is 0.337 e. The maximum absolute atomic E-state index is 12.7. The van der Waals surface area contributed by atoms with Crippen LogP contribution in [0.15, 0.2) is 46.2 Å². The number of rotatable bonds is 2. The first-order chi connectivity index (χ1) is 10.3. The van der Waals surface area contributed by atoms with Gasteiger partial charge in [0.2, 0.25) is 9.84 Å². The van der Waals surface area contributed by atoms with E-state index in [0.717, 1.165) is 12.1 Å². The normalized spacial score (nSPS) is 14.4. The summed E-state index contributed by atoms with van der Waals surface area (Å²) in [4.78, 5) is 21.4. The lowest BCUT2D eigenvalue weighted by molar-refractivity contribution is 0.0683. The number of carboxylic acids is 2. The minimum Gasteiger partial charge on any atom is -0.478 e. The summed E-state index contributed by atoms with van der Waals surface area (Å²) in [5.41, 5.74) is -0.938. The number of carbonyl (C=O) groups is 2. The standard InChI is InChI=1S/C14H8O7S/c15-13(16)7-3-1-5-9-11(7)22(19,20)12-8(14(17)18)4-2-6-10(12)21-9/h1-6H,(H,15,16)(H,17,18). The third-order valence-electron chi connectivity index (χ3n) is 3.18. The molecule has 0 amide bonds. The zero-order valence-corrected chi connectivity index (χ0v) is 11.6. The Bertz CT molecular complexity index is 859. The number of ether oxygens (including phenoxy) is 1. The first-order valence-corrected chi connectivity index (χ1v) is 7.48. The molecule has 22 heavy (non-hydrogen) atoms. The summed E-state index contributed by atoms with van der Waals surface area (Å²) in [6.07, 6.45) is 0. The van der Waals surface area contributed by atoms with E-state index in [1.807, 2.05) is 0 Å². The number of aromatic carboxylic acids is 2. The molecular formula is C14H8O7S. The average molecular weight is 320 g/mol. The fourth-order valence-corrected chi connectivity index (χ4v) is 4.15. The molecule has 8 heteroatoms. The van der Waals surface area contributed by atoms with Gasteiger partial charge < -0.3 is 14.9 Å². The van der Waals surface area contributed by atoms with Crippen LogP contribution < -0.4 is 4.74 Å². The molecule has 1 heterocycles. The molecule has 0 unspecified atom stereocenters. The van der Waals surface area contributed by atoms with E-state index in [-0.39, 0.29) is 11.5 Å². The van der Waals surface area contributed by atoms with Crippen LogP contribution in [0.4, 0.5) is 0 Å². The molecule has 3 rings (SSSR count). The Morgan fingerprint density at radius 3 is 1.59 bits per heavy atom. The van der Waals surface area contributed by atoms with Crippen LogP contribution in [0.1, 0.15) is 20.7 Å². The molecule has 0 atom stereocenters. The molecule has 0 spiro atoms. The van der Waals surface area contributed by atoms with E-state index in [4.69, 9.17) is 14.9 Å². The van der Waals surface area contributed by atoms with Crippen molar-refractivity contribution in [3.8, 4) is 11.5 Å². The maximum Gasteiger partial charge on any atom is 0.337 e. The molecule has 1 aliphatic rings. The van der Waals surface area contributed by atoms with E-state index in [2.05, 4.69) is 0 Å². The van der Waals surface area contributed by atoms with Gasteiger partial charge >= 0.3 is 11.9 Å². The van der Waals surface area contributed by atoms with E-state index in [9.17, 15) is 18.0 Å². The minimum absolute atomic E-state index is 0.144. The van der Waals surface area contributed by atoms with Gasteiger partial charge in [0, 0.05) is 0 Å². The topological polar surface area (TPSA) is 118 Å². The summed E-state index contributed by atoms with van der Waals surface area (Å²) in [6.45, 7) is 0. The highest BCUT2D eigenvalue weighted by Gasteiger charge is 2.38. The summed E-state index contributed by atoms with van der Waals surface area (Å²) >= 11 is 0. The summed E-state index contributed by atoms with van der Waals surface area (Å²) in [5.74, 6) is -3.18. The number of hydrogen-bond donors (Lipinski definition) is 2. The van der Waals surface area contributed by atoms with Crippen molar-refractivity contribution in [2.24, 2.45) is 0 Å². The van der Waals surface area contributed by atoms with Gasteiger partial charge in [0.25, 0.3) is 0 Å². The predicted molar refractivity (Wildman–Crippen MR) is 72.3 cm³/mol. The van der Waals surface area contributed by atoms with Crippen LogP contribution in [0.3, 0.4) is 0 Å². The molecule has 7 nitrogen and oxygen atoms in total. The van der Waals surface area contributed by atoms with Gasteiger partial charge in [0.1, 0.15) is 21.3 Å². The van der Waals surface area contributed by atoms with E-state index >= 15 is 0 Å². The van der Waals surface area contributed by atoms with Crippen LogP contribution in [-0.2, 0) is 9.84 Å². The molecule has 0 bridgehead atoms. The van der Waals surface area contributed by atoms with Crippen LogP contribution in [-0.4, -0.2) is 30.6 Å². The van der Waals surface area contributed by atoms with E-state index in [1.165, 1.54) is 24.3 Å². The molecule has 2 aromatic rings. The Morgan fingerprint density at radius 2 is 1.23 bits per heavy atom. The lowest BCUT2D eigenvalue weighted by Gasteiger charge is -2.22. The van der Waals surface area contributed by atoms with Crippen LogP contribution in [0.5, 0.6) is 11.5 Å². The largest absolute Gasteiger partial charge is 0.478 e. The summed E-state index contributed by atoms with van der Waals surface area (Å²) in [5, 5.41) is 18.3. The fourth-order valence-electron chi connectivity index (χ4n) is 2.30. The van der Waals surface area contributed by atoms with Crippen LogP contribution >= 0.6 is 0 Å². The summed E-state index contributed by atoms with van der Waals surface area (Å²) < 4.78 is 30.9. The lowest BCUT2D eigenvalue weighted by atomic mass is 10.2. The van der Waals surface area contributed by atoms with Gasteiger partial charge in [0.15, 0.2) is 0 Å². The Balaban J connectivity index is 2.42. The zero-order valence-electron chi connectivity index (χ0n) is 10.8. The van der Waals surface area contributed by atoms with Gasteiger partial charge in [-0.05, 0) is 24.3 Å². The second kappa shape index (κ2) is 4.57. The molecule has 1 aliphatic heterocycles. The molecule has 0 aliphatic carbocycles. The van der Waals surface area contributed by atoms with Crippen molar-refractivity contribution in [1.82, 2.24) is 0 Å². The lowest BCUT2D eigenvalue weighted by Crippen LogP contribution is -2.18. The third-order valence-corrected chi connectivity index (χ3v) is 5.09. The quantitative estimate of drug-likeness (QED) is 0.741. The van der Waals surface area contributed by atoms with E-state index < -0.39 is 42.7 Å². The van der Waals surface area contributed by atoms with Crippen molar-refractivity contribution >= 4 is 21.8 Å². The van der Waals surface area contributed by atoms with Gasteiger partial charge in [-0.25, -0.2) is 18.0 Å². The summed E-state index contributed by atoms with van der Waals surface area (Å²) in [6, 6.07) is 7.58. The molecule has 0 aromatic heterocycles. The van der Waals surface area contributed by atoms with Gasteiger partial charge in [-0.15, -0.1) is 0 Å². The molecule has 0 saturated carbocycles. The molecule has 2 N–H and O–H groups in total. The first-order valence-electron chi connectivity index (χ1n) is 5.99. The number of carboxylic acid groups (broad SMARTS) is 2. The number of sulfone groups is 1. The monoisotopic (exact) mass is 320 g/mol. The van der Waals surface area contributed by atoms with Gasteiger partial charge in [-0.2, -0.15) is 0 Å². The molecule has 0 radical (unpaired) electrons. The van der Waals surface area contributed by atoms with Crippen molar-refractivity contribution < 1.29 is 33.0 Å². The van der Waals surface area contributed by atoms with Crippen molar-refractivity contribution in [3.05, 3.63) is 47.5 Å². The minimum atomic E-state index is -4.34. The number of fused-ring (bicyclic) bond motifs is 2. The average Bonchev–Trinajstić information content (AvgIpc) is 2.45. The highest BCUT2D eigenvalue weighted by molar-refractivity contribution is 7.92. The highest BCUT2D eigenvalue weighted by atomic mass is 32.2. The Morgan fingerprint density at radius 1 is 0.818 bits per heavy atom. The number of hydrogen-bond acceptors (Lipinski definition) is 5. The second-order valence-corrected chi connectivity index (χ2v) is 6.30. The van der Waals surface area contributed by atoms with E-state index in [0.29, 0.717) is 0 Å². The van der Waals surface area contributed by atoms with Crippen molar-refractivity contribution in [2.45, 2.75) is 9.79 Å². The third kappa shape index (κ3) is 1.85. The van der Waals surface area contributed by atoms with Gasteiger partial charge in [-0.1, -0.05) is 12.1 Å². The van der Waals surface area contributed by atoms with Crippen molar-refractivity contribution in [3.63, 3.8) is 0 Å². The Labute approximate surface area is 124 Å². The second-order valence-electron chi connectivity index (χ2n) is 4.48. The Hall–Kier alpha value is -2.87. The zero-order chi connectivity index (χ0) is 16.1. The van der Waals surface area contributed by atoms with Crippen molar-refractivity contribution in [1.29, 1.82) is 0 Å². The van der Waals surface area contributed by atoms with Gasteiger partial charge in [0.05, 0.1) is 11.1 Å². The molecule has 0 fully saturated rings. The van der Waals surface area contributed by atoms with Crippen molar-refractivity contribution in [2.75, 3.05) is 0 Å². The Kier molecular flexibility index (Phi) is 2.92.